The van der Waals surface area contributed by atoms with Crippen LogP contribution in [-0.4, -0.2) is 51.7 Å². The molecule has 3 amide bonds. The van der Waals surface area contributed by atoms with Crippen molar-refractivity contribution < 1.29 is 19.1 Å². The summed E-state index contributed by atoms with van der Waals surface area (Å²) in [5, 5.41) is 7.90. The molecule has 9 nitrogen and oxygen atoms in total. The van der Waals surface area contributed by atoms with Crippen LogP contribution in [0.4, 0.5) is 4.79 Å². The number of carbonyl (C=O) groups excluding carboxylic acids is 3. The van der Waals surface area contributed by atoms with Gasteiger partial charge in [0.05, 0.1) is 24.4 Å². The molecule has 2 aliphatic rings. The van der Waals surface area contributed by atoms with E-state index in [2.05, 4.69) is 20.8 Å². The lowest BCUT2D eigenvalue weighted by molar-refractivity contribution is -0.133. The van der Waals surface area contributed by atoms with Gasteiger partial charge in [0.1, 0.15) is 11.6 Å². The number of aromatic amines is 1. The standard InChI is InChI=1S/C26H27N5O4/c1-26(2,3)35-25(34)28-18(12-15-8-5-4-6-9-15)24(33)31-13-19-22-20(14-31)29-30-23(32)16-10-7-11-17(27-19)21(16)22/h4-11,18,27H,12-14H2,1-3H3,(H,28,34)(H,30,32)/t18-/m1/s1. The first-order chi connectivity index (χ1) is 16.7. The van der Waals surface area contributed by atoms with Crippen molar-refractivity contribution in [2.75, 3.05) is 6.54 Å². The quantitative estimate of drug-likeness (QED) is 0.540. The number of nitrogens with one attached hydrogen (secondary N) is 3. The zero-order chi connectivity index (χ0) is 24.7. The highest BCUT2D eigenvalue weighted by molar-refractivity contribution is 6.21. The second kappa shape index (κ2) is 8.57. The number of hydrogen-bond acceptors (Lipinski definition) is 5. The van der Waals surface area contributed by atoms with Crippen LogP contribution >= 0.6 is 0 Å². The van der Waals surface area contributed by atoms with Crippen LogP contribution in [0.5, 0.6) is 0 Å². The molecule has 3 aromatic rings. The molecule has 180 valence electrons. The molecule has 0 fully saturated rings. The van der Waals surface area contributed by atoms with E-state index >= 15 is 0 Å². The molecule has 9 heteroatoms. The van der Waals surface area contributed by atoms with Crippen LogP contribution in [-0.2, 0) is 22.5 Å². The van der Waals surface area contributed by atoms with Crippen molar-refractivity contribution in [2.24, 2.45) is 5.10 Å². The molecular formula is C26H27N5O4. The summed E-state index contributed by atoms with van der Waals surface area (Å²) in [6.45, 7) is 5.83. The van der Waals surface area contributed by atoms with E-state index < -0.39 is 17.7 Å². The molecule has 0 bridgehead atoms. The average Bonchev–Trinajstić information content (AvgIpc) is 3.12. The number of alkyl carbamates (subject to hydrolysis) is 1. The van der Waals surface area contributed by atoms with Gasteiger partial charge in [0.15, 0.2) is 0 Å². The zero-order valence-corrected chi connectivity index (χ0v) is 19.8. The lowest BCUT2D eigenvalue weighted by Crippen LogP contribution is -2.52. The minimum atomic E-state index is -0.838. The lowest BCUT2D eigenvalue weighted by Gasteiger charge is -2.32. The van der Waals surface area contributed by atoms with Crippen LogP contribution < -0.4 is 10.7 Å². The van der Waals surface area contributed by atoms with Crippen LogP contribution in [0.1, 0.15) is 48.0 Å². The molecule has 2 aromatic carbocycles. The molecule has 1 aromatic heterocycles. The predicted octanol–water partition coefficient (Wildman–Crippen LogP) is 3.09. The Morgan fingerprint density at radius 2 is 1.89 bits per heavy atom. The molecule has 0 saturated carbocycles. The van der Waals surface area contributed by atoms with E-state index in [1.807, 2.05) is 42.5 Å². The third-order valence-electron chi connectivity index (χ3n) is 6.00. The van der Waals surface area contributed by atoms with Crippen molar-refractivity contribution in [3.8, 4) is 0 Å². The number of rotatable bonds is 4. The molecule has 0 saturated heterocycles. The monoisotopic (exact) mass is 473 g/mol. The summed E-state index contributed by atoms with van der Waals surface area (Å²) in [5.41, 5.74) is 6.44. The van der Waals surface area contributed by atoms with E-state index in [1.165, 1.54) is 0 Å². The van der Waals surface area contributed by atoms with Gasteiger partial charge in [-0.15, -0.1) is 0 Å². The fraction of sp³-hybridized carbons (Fsp3) is 0.308. The second-order valence-corrected chi connectivity index (χ2v) is 9.79. The van der Waals surface area contributed by atoms with Gasteiger partial charge < -0.3 is 19.9 Å². The van der Waals surface area contributed by atoms with Gasteiger partial charge in [-0.25, -0.2) is 10.2 Å². The third kappa shape index (κ3) is 4.49. The Hall–Kier alpha value is -4.14. The smallest absolute Gasteiger partial charge is 0.408 e. The van der Waals surface area contributed by atoms with E-state index in [-0.39, 0.29) is 18.4 Å². The molecule has 35 heavy (non-hydrogen) atoms. The van der Waals surface area contributed by atoms with Crippen molar-refractivity contribution in [3.05, 3.63) is 70.9 Å². The highest BCUT2D eigenvalue weighted by Gasteiger charge is 2.35. The van der Waals surface area contributed by atoms with Crippen LogP contribution in [0.2, 0.25) is 0 Å². The second-order valence-electron chi connectivity index (χ2n) is 9.79. The Labute approximate surface area is 202 Å². The first kappa shape index (κ1) is 22.6. The van der Waals surface area contributed by atoms with Crippen molar-refractivity contribution in [3.63, 3.8) is 0 Å². The fourth-order valence-electron chi connectivity index (χ4n) is 4.58. The summed E-state index contributed by atoms with van der Waals surface area (Å²) in [6.07, 6.45) is -0.346. The number of nitrogens with zero attached hydrogens (tertiary/aromatic N) is 2. The molecular weight excluding hydrogens is 446 g/mol. The molecule has 1 atom stereocenters. The summed E-state index contributed by atoms with van der Waals surface area (Å²) in [7, 11) is 0. The van der Waals surface area contributed by atoms with E-state index in [9.17, 15) is 14.4 Å². The van der Waals surface area contributed by atoms with E-state index in [1.54, 1.807) is 31.7 Å². The minimum Gasteiger partial charge on any atom is -0.444 e. The number of carbonyl (C=O) groups is 3. The topological polar surface area (TPSA) is 116 Å². The van der Waals surface area contributed by atoms with E-state index in [4.69, 9.17) is 4.74 Å². The first-order valence-electron chi connectivity index (χ1n) is 11.5. The summed E-state index contributed by atoms with van der Waals surface area (Å²) in [6, 6.07) is 14.2. The number of aromatic nitrogens is 1. The molecule has 5 rings (SSSR count). The molecule has 0 unspecified atom stereocenters. The van der Waals surface area contributed by atoms with Crippen LogP contribution in [0.15, 0.2) is 53.6 Å². The van der Waals surface area contributed by atoms with Gasteiger partial charge in [-0.05, 0) is 38.5 Å². The first-order valence-corrected chi connectivity index (χ1v) is 11.5. The van der Waals surface area contributed by atoms with Gasteiger partial charge in [0, 0.05) is 28.6 Å². The van der Waals surface area contributed by atoms with Crippen LogP contribution in [0.25, 0.3) is 10.9 Å². The summed E-state index contributed by atoms with van der Waals surface area (Å²) in [5.74, 6) is -0.548. The fourth-order valence-corrected chi connectivity index (χ4v) is 4.58. The number of amides is 3. The minimum absolute atomic E-state index is 0.203. The summed E-state index contributed by atoms with van der Waals surface area (Å²) in [4.78, 5) is 43.9. The number of benzene rings is 2. The van der Waals surface area contributed by atoms with Gasteiger partial charge in [-0.1, -0.05) is 36.4 Å². The predicted molar refractivity (Wildman–Crippen MR) is 131 cm³/mol. The Morgan fingerprint density at radius 3 is 2.63 bits per heavy atom. The number of H-pyrrole nitrogens is 1. The Morgan fingerprint density at radius 1 is 1.11 bits per heavy atom. The number of hydrazone groups is 1. The average molecular weight is 474 g/mol. The maximum absolute atomic E-state index is 13.8. The Kier molecular flexibility index (Phi) is 5.55. The third-order valence-corrected chi connectivity index (χ3v) is 6.00. The van der Waals surface area contributed by atoms with Gasteiger partial charge in [-0.2, -0.15) is 5.10 Å². The normalized spacial score (nSPS) is 15.7. The van der Waals surface area contributed by atoms with Gasteiger partial charge in [0.2, 0.25) is 5.91 Å². The van der Waals surface area contributed by atoms with Crippen molar-refractivity contribution >= 4 is 34.5 Å². The Bertz CT molecular complexity index is 1350. The molecule has 3 heterocycles. The summed E-state index contributed by atoms with van der Waals surface area (Å²) < 4.78 is 5.42. The SMILES string of the molecule is CC(C)(C)OC(=O)N[C@H](Cc1ccccc1)C(=O)N1CC2=NNC(=O)c3cccc4[nH]c(c2c34)C1. The molecule has 2 aliphatic heterocycles. The van der Waals surface area contributed by atoms with Gasteiger partial charge >= 0.3 is 6.09 Å². The van der Waals surface area contributed by atoms with E-state index in [0.717, 1.165) is 27.7 Å². The highest BCUT2D eigenvalue weighted by Crippen LogP contribution is 2.32. The Balaban J connectivity index is 1.46. The van der Waals surface area contributed by atoms with Crippen LogP contribution in [0.3, 0.4) is 0 Å². The van der Waals surface area contributed by atoms with Gasteiger partial charge in [0.25, 0.3) is 5.91 Å². The maximum atomic E-state index is 13.8. The summed E-state index contributed by atoms with van der Waals surface area (Å²) >= 11 is 0. The van der Waals surface area contributed by atoms with Crippen LogP contribution in [0, 0.1) is 0 Å². The zero-order valence-electron chi connectivity index (χ0n) is 19.8. The molecule has 0 aliphatic carbocycles. The highest BCUT2D eigenvalue weighted by atomic mass is 16.6. The largest absolute Gasteiger partial charge is 0.444 e. The van der Waals surface area contributed by atoms with E-state index in [0.29, 0.717) is 24.2 Å². The molecule has 0 radical (unpaired) electrons. The van der Waals surface area contributed by atoms with Crippen molar-refractivity contribution in [1.29, 1.82) is 0 Å². The number of hydrogen-bond donors (Lipinski definition) is 3. The van der Waals surface area contributed by atoms with Crippen molar-refractivity contribution in [2.45, 2.75) is 45.4 Å². The van der Waals surface area contributed by atoms with Crippen molar-refractivity contribution in [1.82, 2.24) is 20.6 Å². The molecule has 0 spiro atoms. The molecule has 3 N–H and O–H groups in total. The van der Waals surface area contributed by atoms with Gasteiger partial charge in [-0.3, -0.25) is 9.59 Å². The number of ether oxygens (including phenoxy) is 1. The lowest BCUT2D eigenvalue weighted by atomic mass is 9.97. The maximum Gasteiger partial charge on any atom is 0.408 e.